The highest BCUT2D eigenvalue weighted by atomic mass is 79.9. The maximum Gasteiger partial charge on any atom is 0.170 e. The van der Waals surface area contributed by atoms with Crippen molar-refractivity contribution >= 4 is 43.2 Å². The summed E-state index contributed by atoms with van der Waals surface area (Å²) in [7, 11) is 1.44. The third-order valence-electron chi connectivity index (χ3n) is 2.52. The first-order valence-electron chi connectivity index (χ1n) is 5.07. The molecule has 0 saturated carbocycles. The van der Waals surface area contributed by atoms with Crippen LogP contribution in [0.15, 0.2) is 32.5 Å². The Morgan fingerprint density at radius 3 is 2.67 bits per heavy atom. The molecule has 2 N–H and O–H groups in total. The summed E-state index contributed by atoms with van der Waals surface area (Å²) < 4.78 is 20.9. The number of rotatable bonds is 3. The molecule has 18 heavy (non-hydrogen) atoms. The van der Waals surface area contributed by atoms with Gasteiger partial charge in [-0.25, -0.2) is 4.39 Å². The van der Waals surface area contributed by atoms with Crippen LogP contribution >= 0.6 is 43.2 Å². The van der Waals surface area contributed by atoms with Gasteiger partial charge in [0.05, 0.1) is 16.9 Å². The van der Waals surface area contributed by atoms with Crippen molar-refractivity contribution in [3.05, 3.63) is 48.8 Å². The first-order chi connectivity index (χ1) is 8.54. The minimum atomic E-state index is -0.507. The van der Waals surface area contributed by atoms with Gasteiger partial charge >= 0.3 is 0 Å². The zero-order valence-electron chi connectivity index (χ0n) is 9.41. The lowest BCUT2D eigenvalue weighted by atomic mass is 10.1. The van der Waals surface area contributed by atoms with Gasteiger partial charge in [0.1, 0.15) is 0 Å². The fourth-order valence-corrected chi connectivity index (χ4v) is 3.71. The Bertz CT molecular complexity index is 554. The Morgan fingerprint density at radius 2 is 2.11 bits per heavy atom. The fraction of sp³-hybridized carbons (Fsp3) is 0.167. The molecular formula is C12H10Br2FNOS. The fourth-order valence-electron chi connectivity index (χ4n) is 1.60. The van der Waals surface area contributed by atoms with Crippen LogP contribution in [0, 0.1) is 5.82 Å². The van der Waals surface area contributed by atoms with E-state index in [4.69, 9.17) is 10.5 Å². The maximum atomic E-state index is 14.1. The summed E-state index contributed by atoms with van der Waals surface area (Å²) in [6.07, 6.45) is 0. The Balaban J connectivity index is 2.42. The molecule has 0 aliphatic heterocycles. The maximum absolute atomic E-state index is 14.1. The van der Waals surface area contributed by atoms with Gasteiger partial charge in [-0.2, -0.15) is 0 Å². The highest BCUT2D eigenvalue weighted by Gasteiger charge is 2.19. The SMILES string of the molecule is COc1cccc(C(N)c2cc(Br)c(Br)s2)c1F. The third-order valence-corrected chi connectivity index (χ3v) is 5.86. The number of ether oxygens (including phenoxy) is 1. The average molecular weight is 395 g/mol. The molecule has 0 bridgehead atoms. The predicted molar refractivity (Wildman–Crippen MR) is 78.7 cm³/mol. The Morgan fingerprint density at radius 1 is 1.39 bits per heavy atom. The van der Waals surface area contributed by atoms with Crippen LogP contribution in [0.4, 0.5) is 4.39 Å². The second-order valence-electron chi connectivity index (χ2n) is 3.61. The number of methoxy groups -OCH3 is 1. The van der Waals surface area contributed by atoms with E-state index in [1.54, 1.807) is 18.2 Å². The molecule has 2 rings (SSSR count). The van der Waals surface area contributed by atoms with Gasteiger partial charge in [0.15, 0.2) is 11.6 Å². The Kier molecular flexibility index (Phi) is 4.42. The number of halogens is 3. The molecule has 0 spiro atoms. The molecule has 1 aromatic carbocycles. The van der Waals surface area contributed by atoms with E-state index >= 15 is 0 Å². The molecule has 0 radical (unpaired) electrons. The van der Waals surface area contributed by atoms with Gasteiger partial charge in [0, 0.05) is 14.9 Å². The van der Waals surface area contributed by atoms with Crippen LogP contribution in [0.3, 0.4) is 0 Å². The lowest BCUT2D eigenvalue weighted by Crippen LogP contribution is -2.12. The molecule has 1 atom stereocenters. The summed E-state index contributed by atoms with van der Waals surface area (Å²) in [4.78, 5) is 0.876. The van der Waals surface area contributed by atoms with E-state index in [9.17, 15) is 4.39 Å². The molecule has 0 saturated heterocycles. The largest absolute Gasteiger partial charge is 0.494 e. The van der Waals surface area contributed by atoms with Crippen LogP contribution in [0.25, 0.3) is 0 Å². The van der Waals surface area contributed by atoms with Crippen molar-refractivity contribution in [3.63, 3.8) is 0 Å². The van der Waals surface area contributed by atoms with Crippen LogP contribution in [0.2, 0.25) is 0 Å². The molecule has 96 valence electrons. The van der Waals surface area contributed by atoms with E-state index in [2.05, 4.69) is 31.9 Å². The van der Waals surface area contributed by atoms with Gasteiger partial charge < -0.3 is 10.5 Å². The summed E-state index contributed by atoms with van der Waals surface area (Å²) in [6.45, 7) is 0. The number of nitrogens with two attached hydrogens (primary N) is 1. The van der Waals surface area contributed by atoms with Crippen LogP contribution < -0.4 is 10.5 Å². The summed E-state index contributed by atoms with van der Waals surface area (Å²) in [5.74, 6) is -0.203. The molecule has 1 aromatic heterocycles. The van der Waals surface area contributed by atoms with E-state index in [-0.39, 0.29) is 5.75 Å². The minimum Gasteiger partial charge on any atom is -0.494 e. The molecule has 1 unspecified atom stereocenters. The molecular weight excluding hydrogens is 385 g/mol. The summed E-state index contributed by atoms with van der Waals surface area (Å²) in [5, 5.41) is 0. The first-order valence-corrected chi connectivity index (χ1v) is 7.47. The van der Waals surface area contributed by atoms with Crippen LogP contribution in [-0.4, -0.2) is 7.11 Å². The second kappa shape index (κ2) is 5.69. The Hall–Kier alpha value is -0.430. The third kappa shape index (κ3) is 2.61. The van der Waals surface area contributed by atoms with Crippen LogP contribution in [-0.2, 0) is 0 Å². The highest BCUT2D eigenvalue weighted by Crippen LogP contribution is 2.38. The van der Waals surface area contributed by atoms with E-state index < -0.39 is 11.9 Å². The number of benzene rings is 1. The Labute approximate surface area is 125 Å². The molecule has 0 aliphatic rings. The van der Waals surface area contributed by atoms with Gasteiger partial charge in [-0.3, -0.25) is 0 Å². The normalized spacial score (nSPS) is 12.5. The van der Waals surface area contributed by atoms with Crippen molar-refractivity contribution in [3.8, 4) is 5.75 Å². The molecule has 1 heterocycles. The molecule has 2 aromatic rings. The molecule has 2 nitrogen and oxygen atoms in total. The molecule has 0 aliphatic carbocycles. The number of thiophene rings is 1. The van der Waals surface area contributed by atoms with Crippen molar-refractivity contribution in [2.75, 3.05) is 7.11 Å². The van der Waals surface area contributed by atoms with E-state index in [1.165, 1.54) is 18.4 Å². The zero-order chi connectivity index (χ0) is 13.3. The van der Waals surface area contributed by atoms with Gasteiger partial charge in [-0.15, -0.1) is 11.3 Å². The average Bonchev–Trinajstić information content (AvgIpc) is 2.69. The van der Waals surface area contributed by atoms with Gasteiger partial charge in [0.25, 0.3) is 0 Å². The molecule has 0 amide bonds. The van der Waals surface area contributed by atoms with Gasteiger partial charge in [-0.1, -0.05) is 12.1 Å². The first kappa shape index (κ1) is 14.0. The zero-order valence-corrected chi connectivity index (χ0v) is 13.4. The highest BCUT2D eigenvalue weighted by molar-refractivity contribution is 9.13. The van der Waals surface area contributed by atoms with Crippen molar-refractivity contribution in [2.24, 2.45) is 5.73 Å². The monoisotopic (exact) mass is 393 g/mol. The van der Waals surface area contributed by atoms with Crippen molar-refractivity contribution < 1.29 is 9.13 Å². The van der Waals surface area contributed by atoms with Crippen molar-refractivity contribution in [1.82, 2.24) is 0 Å². The van der Waals surface area contributed by atoms with Crippen LogP contribution in [0.5, 0.6) is 5.75 Å². The lowest BCUT2D eigenvalue weighted by molar-refractivity contribution is 0.383. The van der Waals surface area contributed by atoms with E-state index in [1.807, 2.05) is 6.07 Å². The van der Waals surface area contributed by atoms with Crippen molar-refractivity contribution in [1.29, 1.82) is 0 Å². The minimum absolute atomic E-state index is 0.206. The van der Waals surface area contributed by atoms with E-state index in [0.29, 0.717) is 5.56 Å². The standard InChI is InChI=1S/C12H10Br2FNOS/c1-17-8-4-2-3-6(10(8)15)11(16)9-5-7(13)12(14)18-9/h2-5,11H,16H2,1H3. The quantitative estimate of drug-likeness (QED) is 0.833. The predicted octanol–water partition coefficient (Wildman–Crippen LogP) is 4.47. The lowest BCUT2D eigenvalue weighted by Gasteiger charge is -2.13. The van der Waals surface area contributed by atoms with Gasteiger partial charge in [0.2, 0.25) is 0 Å². The number of hydrogen-bond acceptors (Lipinski definition) is 3. The topological polar surface area (TPSA) is 35.2 Å². The molecule has 0 fully saturated rings. The summed E-state index contributed by atoms with van der Waals surface area (Å²) in [5.41, 5.74) is 6.52. The second-order valence-corrected chi connectivity index (χ2v) is 6.87. The smallest absolute Gasteiger partial charge is 0.170 e. The van der Waals surface area contributed by atoms with Crippen molar-refractivity contribution in [2.45, 2.75) is 6.04 Å². The van der Waals surface area contributed by atoms with Gasteiger partial charge in [-0.05, 0) is 44.0 Å². The summed E-state index contributed by atoms with van der Waals surface area (Å²) >= 11 is 8.27. The number of hydrogen-bond donors (Lipinski definition) is 1. The van der Waals surface area contributed by atoms with Crippen LogP contribution in [0.1, 0.15) is 16.5 Å². The molecule has 6 heteroatoms. The van der Waals surface area contributed by atoms with E-state index in [0.717, 1.165) is 13.1 Å². The summed E-state index contributed by atoms with van der Waals surface area (Å²) in [6, 6.07) is 6.36.